The van der Waals surface area contributed by atoms with Crippen molar-refractivity contribution in [2.45, 2.75) is 13.3 Å². The number of rotatable bonds is 6. The third-order valence-corrected chi connectivity index (χ3v) is 2.95. The van der Waals surface area contributed by atoms with E-state index in [1.807, 2.05) is 6.92 Å². The van der Waals surface area contributed by atoms with Crippen LogP contribution in [0.2, 0.25) is 0 Å². The van der Waals surface area contributed by atoms with Gasteiger partial charge in [-0.05, 0) is 32.6 Å². The first-order chi connectivity index (χ1) is 8.22. The minimum absolute atomic E-state index is 0.714. The summed E-state index contributed by atoms with van der Waals surface area (Å²) in [6, 6.07) is 0. The van der Waals surface area contributed by atoms with Crippen molar-refractivity contribution in [1.82, 2.24) is 20.7 Å². The molecule has 1 fully saturated rings. The Morgan fingerprint density at radius 2 is 2.00 bits per heavy atom. The summed E-state index contributed by atoms with van der Waals surface area (Å²) in [7, 11) is 2.14. The fourth-order valence-corrected chi connectivity index (χ4v) is 1.85. The molecule has 0 amide bonds. The summed E-state index contributed by atoms with van der Waals surface area (Å²) in [4.78, 5) is 2.32. The second kappa shape index (κ2) is 8.63. The number of thiocarbonyl (C=S) groups is 1. The van der Waals surface area contributed by atoms with Gasteiger partial charge in [0.05, 0.1) is 0 Å². The first kappa shape index (κ1) is 14.6. The summed E-state index contributed by atoms with van der Waals surface area (Å²) in [5.41, 5.74) is 3.22. The highest BCUT2D eigenvalue weighted by molar-refractivity contribution is 7.80. The van der Waals surface area contributed by atoms with E-state index in [1.165, 1.54) is 0 Å². The van der Waals surface area contributed by atoms with Crippen molar-refractivity contribution in [3.05, 3.63) is 0 Å². The average Bonchev–Trinajstić information content (AvgIpc) is 2.32. The quantitative estimate of drug-likeness (QED) is 0.519. The number of hydrogen-bond donors (Lipinski definition) is 2. The lowest BCUT2D eigenvalue weighted by Gasteiger charge is -2.33. The third-order valence-electron chi connectivity index (χ3n) is 2.72. The van der Waals surface area contributed by atoms with E-state index >= 15 is 0 Å². The molecule has 0 aromatic carbocycles. The zero-order chi connectivity index (χ0) is 12.5. The van der Waals surface area contributed by atoms with Gasteiger partial charge in [-0.25, -0.2) is 5.01 Å². The minimum atomic E-state index is 0.714. The molecule has 0 bridgehead atoms. The maximum Gasteiger partial charge on any atom is 0.181 e. The van der Waals surface area contributed by atoms with E-state index in [2.05, 4.69) is 27.7 Å². The maximum absolute atomic E-state index is 5.26. The van der Waals surface area contributed by atoms with Crippen LogP contribution >= 0.6 is 12.2 Å². The SMILES string of the molecule is CCOCCCNC(=S)NN1CCN(C)CC1. The van der Waals surface area contributed by atoms with Gasteiger partial charge in [0.15, 0.2) is 5.11 Å². The number of ether oxygens (including phenoxy) is 1. The van der Waals surface area contributed by atoms with Gasteiger partial charge in [-0.15, -0.1) is 0 Å². The first-order valence-corrected chi connectivity index (χ1v) is 6.69. The monoisotopic (exact) mass is 260 g/mol. The summed E-state index contributed by atoms with van der Waals surface area (Å²) in [6.45, 7) is 8.63. The first-order valence-electron chi connectivity index (χ1n) is 6.28. The molecule has 0 radical (unpaired) electrons. The number of piperazine rings is 1. The minimum Gasteiger partial charge on any atom is -0.382 e. The molecule has 0 aromatic heterocycles. The fourth-order valence-electron chi connectivity index (χ4n) is 1.62. The number of nitrogens with one attached hydrogen (secondary N) is 2. The largest absolute Gasteiger partial charge is 0.382 e. The normalized spacial score (nSPS) is 18.0. The van der Waals surface area contributed by atoms with Crippen molar-refractivity contribution in [3.63, 3.8) is 0 Å². The van der Waals surface area contributed by atoms with Crippen LogP contribution in [-0.2, 0) is 4.74 Å². The summed E-state index contributed by atoms with van der Waals surface area (Å²) in [5.74, 6) is 0. The van der Waals surface area contributed by atoms with Crippen molar-refractivity contribution in [1.29, 1.82) is 0 Å². The summed E-state index contributed by atoms with van der Waals surface area (Å²) >= 11 is 5.22. The molecule has 0 aromatic rings. The molecule has 0 saturated carbocycles. The van der Waals surface area contributed by atoms with Crippen LogP contribution in [-0.4, -0.2) is 68.0 Å². The van der Waals surface area contributed by atoms with E-state index in [1.54, 1.807) is 0 Å². The molecule has 0 aliphatic carbocycles. The molecule has 5 nitrogen and oxygen atoms in total. The molecule has 0 unspecified atom stereocenters. The second-order valence-corrected chi connectivity index (χ2v) is 4.62. The smallest absolute Gasteiger partial charge is 0.181 e. The van der Waals surface area contributed by atoms with E-state index in [0.29, 0.717) is 5.11 Å². The highest BCUT2D eigenvalue weighted by atomic mass is 32.1. The molecule has 100 valence electrons. The molecule has 2 N–H and O–H groups in total. The van der Waals surface area contributed by atoms with Crippen LogP contribution in [0.1, 0.15) is 13.3 Å². The predicted octanol–water partition coefficient (Wildman–Crippen LogP) is 0.0395. The molecule has 6 heteroatoms. The molecule has 1 saturated heterocycles. The molecule has 17 heavy (non-hydrogen) atoms. The van der Waals surface area contributed by atoms with Gasteiger partial charge in [0, 0.05) is 45.9 Å². The molecule has 1 rings (SSSR count). The van der Waals surface area contributed by atoms with E-state index < -0.39 is 0 Å². The number of hydrogen-bond acceptors (Lipinski definition) is 4. The maximum atomic E-state index is 5.26. The lowest BCUT2D eigenvalue weighted by molar-refractivity contribution is 0.129. The van der Waals surface area contributed by atoms with Crippen molar-refractivity contribution >= 4 is 17.3 Å². The highest BCUT2D eigenvalue weighted by Crippen LogP contribution is 1.95. The second-order valence-electron chi connectivity index (χ2n) is 4.21. The standard InChI is InChI=1S/C11H24N4OS/c1-3-16-10-4-5-12-11(17)13-15-8-6-14(2)7-9-15/h3-10H2,1-2H3,(H2,12,13,17). The summed E-state index contributed by atoms with van der Waals surface area (Å²) in [6.07, 6.45) is 0.985. The predicted molar refractivity (Wildman–Crippen MR) is 73.9 cm³/mol. The van der Waals surface area contributed by atoms with Gasteiger partial charge in [-0.2, -0.15) is 0 Å². The molecule has 1 heterocycles. The lowest BCUT2D eigenvalue weighted by Crippen LogP contribution is -2.54. The molecular formula is C11H24N4OS. The molecule has 1 aliphatic heterocycles. The topological polar surface area (TPSA) is 39.8 Å². The van der Waals surface area contributed by atoms with E-state index in [0.717, 1.165) is 52.4 Å². The molecule has 0 atom stereocenters. The Kier molecular flexibility index (Phi) is 7.43. The van der Waals surface area contributed by atoms with Crippen LogP contribution in [0, 0.1) is 0 Å². The highest BCUT2D eigenvalue weighted by Gasteiger charge is 2.13. The fraction of sp³-hybridized carbons (Fsp3) is 0.909. The van der Waals surface area contributed by atoms with E-state index in [4.69, 9.17) is 17.0 Å². The van der Waals surface area contributed by atoms with Crippen LogP contribution in [0.25, 0.3) is 0 Å². The van der Waals surface area contributed by atoms with Gasteiger partial charge in [-0.3, -0.25) is 5.43 Å². The van der Waals surface area contributed by atoms with Gasteiger partial charge in [-0.1, -0.05) is 0 Å². The molecule has 0 spiro atoms. The number of likely N-dealkylation sites (N-methyl/N-ethyl adjacent to an activating group) is 1. The van der Waals surface area contributed by atoms with Gasteiger partial charge in [0.2, 0.25) is 0 Å². The Labute approximate surface area is 109 Å². The van der Waals surface area contributed by atoms with Crippen molar-refractivity contribution in [3.8, 4) is 0 Å². The van der Waals surface area contributed by atoms with E-state index in [-0.39, 0.29) is 0 Å². The zero-order valence-corrected chi connectivity index (χ0v) is 11.7. The Bertz CT molecular complexity index is 220. The summed E-state index contributed by atoms with van der Waals surface area (Å²) in [5, 5.41) is 6.06. The van der Waals surface area contributed by atoms with Crippen molar-refractivity contribution in [2.24, 2.45) is 0 Å². The number of hydrazine groups is 1. The summed E-state index contributed by atoms with van der Waals surface area (Å²) < 4.78 is 5.26. The van der Waals surface area contributed by atoms with Crippen LogP contribution in [0.15, 0.2) is 0 Å². The lowest BCUT2D eigenvalue weighted by atomic mass is 10.4. The van der Waals surface area contributed by atoms with Crippen molar-refractivity contribution < 1.29 is 4.74 Å². The Morgan fingerprint density at radius 1 is 1.29 bits per heavy atom. The number of nitrogens with zero attached hydrogens (tertiary/aromatic N) is 2. The van der Waals surface area contributed by atoms with Gasteiger partial charge < -0.3 is 15.0 Å². The molecule has 1 aliphatic rings. The van der Waals surface area contributed by atoms with Gasteiger partial charge >= 0.3 is 0 Å². The Hall–Kier alpha value is -0.430. The van der Waals surface area contributed by atoms with Crippen LogP contribution in [0.3, 0.4) is 0 Å². The van der Waals surface area contributed by atoms with Crippen molar-refractivity contribution in [2.75, 3.05) is 53.0 Å². The zero-order valence-electron chi connectivity index (χ0n) is 10.9. The molecular weight excluding hydrogens is 236 g/mol. The Balaban J connectivity index is 2.00. The van der Waals surface area contributed by atoms with E-state index in [9.17, 15) is 0 Å². The van der Waals surface area contributed by atoms with Gasteiger partial charge in [0.25, 0.3) is 0 Å². The van der Waals surface area contributed by atoms with Crippen LogP contribution in [0.5, 0.6) is 0 Å². The van der Waals surface area contributed by atoms with Crippen LogP contribution < -0.4 is 10.7 Å². The van der Waals surface area contributed by atoms with Crippen LogP contribution in [0.4, 0.5) is 0 Å². The Morgan fingerprint density at radius 3 is 2.65 bits per heavy atom. The average molecular weight is 260 g/mol. The third kappa shape index (κ3) is 6.78. The van der Waals surface area contributed by atoms with Gasteiger partial charge in [0.1, 0.15) is 0 Å².